The number of aromatic nitrogens is 2. The van der Waals surface area contributed by atoms with Crippen LogP contribution in [0.5, 0.6) is 5.75 Å². The number of hydrogen-bond donors (Lipinski definition) is 2. The lowest BCUT2D eigenvalue weighted by Crippen LogP contribution is -2.06. The fourth-order valence-corrected chi connectivity index (χ4v) is 2.86. The second-order valence-electron chi connectivity index (χ2n) is 6.45. The highest BCUT2D eigenvalue weighted by molar-refractivity contribution is 5.79. The van der Waals surface area contributed by atoms with Crippen LogP contribution in [0.15, 0.2) is 42.7 Å². The van der Waals surface area contributed by atoms with E-state index in [1.807, 2.05) is 51.1 Å². The Balaban J connectivity index is 2.03. The maximum atomic E-state index is 11.8. The predicted octanol–water partition coefficient (Wildman–Crippen LogP) is 4.81. The number of nitrogens with one attached hydrogen (secondary N) is 2. The van der Waals surface area contributed by atoms with Crippen molar-refractivity contribution in [3.63, 3.8) is 0 Å². The smallest absolute Gasteiger partial charge is 0.353 e. The van der Waals surface area contributed by atoms with Crippen molar-refractivity contribution in [1.29, 1.82) is 0 Å². The number of rotatable bonds is 6. The van der Waals surface area contributed by atoms with Crippen molar-refractivity contribution in [2.24, 2.45) is 0 Å². The van der Waals surface area contributed by atoms with E-state index in [2.05, 4.69) is 20.6 Å². The van der Waals surface area contributed by atoms with E-state index in [4.69, 9.17) is 4.74 Å². The number of benzene rings is 2. The van der Waals surface area contributed by atoms with Crippen LogP contribution in [0.1, 0.15) is 16.7 Å². The molecule has 3 rings (SSSR count). The fraction of sp³-hybridized carbons (Fsp3) is 0.200. The maximum Gasteiger partial charge on any atom is 0.353 e. The van der Waals surface area contributed by atoms with E-state index in [9.17, 15) is 10.1 Å². The van der Waals surface area contributed by atoms with Crippen LogP contribution in [0, 0.1) is 30.9 Å². The Morgan fingerprint density at radius 2 is 1.54 bits per heavy atom. The van der Waals surface area contributed by atoms with Crippen molar-refractivity contribution < 1.29 is 9.66 Å². The minimum absolute atomic E-state index is 0.0798. The zero-order valence-electron chi connectivity index (χ0n) is 16.1. The van der Waals surface area contributed by atoms with Crippen molar-refractivity contribution >= 4 is 28.7 Å². The normalized spacial score (nSPS) is 10.4. The van der Waals surface area contributed by atoms with Gasteiger partial charge < -0.3 is 15.4 Å². The van der Waals surface area contributed by atoms with Gasteiger partial charge in [-0.15, -0.1) is 0 Å². The summed E-state index contributed by atoms with van der Waals surface area (Å²) in [5.41, 5.74) is 4.13. The topological polar surface area (TPSA) is 102 Å². The van der Waals surface area contributed by atoms with Crippen LogP contribution >= 0.6 is 0 Å². The zero-order valence-corrected chi connectivity index (χ0v) is 16.1. The van der Waals surface area contributed by atoms with Crippen molar-refractivity contribution in [1.82, 2.24) is 9.97 Å². The highest BCUT2D eigenvalue weighted by Gasteiger charge is 2.24. The summed E-state index contributed by atoms with van der Waals surface area (Å²) in [6, 6.07) is 11.3. The summed E-state index contributed by atoms with van der Waals surface area (Å²) in [6.45, 7) is 5.84. The van der Waals surface area contributed by atoms with Crippen molar-refractivity contribution in [2.75, 3.05) is 17.7 Å². The SMILES string of the molecule is COc1ccc(C)cc1Nc1ncnc(Nc2ccc(C)cc2C)c1[N+](=O)[O-]. The number of anilines is 4. The minimum Gasteiger partial charge on any atom is -0.495 e. The predicted molar refractivity (Wildman–Crippen MR) is 109 cm³/mol. The molecular weight excluding hydrogens is 358 g/mol. The molecule has 0 amide bonds. The number of aryl methyl sites for hydroxylation is 3. The number of methoxy groups -OCH3 is 1. The first-order valence-corrected chi connectivity index (χ1v) is 8.64. The average Bonchev–Trinajstić information content (AvgIpc) is 2.64. The quantitative estimate of drug-likeness (QED) is 0.468. The molecule has 0 saturated heterocycles. The van der Waals surface area contributed by atoms with Gasteiger partial charge in [-0.1, -0.05) is 23.8 Å². The average molecular weight is 379 g/mol. The second-order valence-corrected chi connectivity index (χ2v) is 6.45. The van der Waals surface area contributed by atoms with Gasteiger partial charge in [0.15, 0.2) is 0 Å². The third-order valence-electron chi connectivity index (χ3n) is 4.25. The van der Waals surface area contributed by atoms with E-state index in [0.29, 0.717) is 11.4 Å². The van der Waals surface area contributed by atoms with E-state index >= 15 is 0 Å². The standard InChI is InChI=1S/C20H21N5O3/c1-12-5-7-15(14(3)9-12)23-19-18(25(26)27)20(22-11-21-19)24-16-10-13(2)6-8-17(16)28-4/h5-11H,1-4H3,(H2,21,22,23,24). The maximum absolute atomic E-state index is 11.8. The molecule has 0 spiro atoms. The Morgan fingerprint density at radius 1 is 0.929 bits per heavy atom. The number of nitro groups is 1. The molecule has 0 fully saturated rings. The van der Waals surface area contributed by atoms with E-state index in [1.165, 1.54) is 13.4 Å². The Hall–Kier alpha value is -3.68. The van der Waals surface area contributed by atoms with Crippen LogP contribution in [0.3, 0.4) is 0 Å². The summed E-state index contributed by atoms with van der Waals surface area (Å²) < 4.78 is 5.33. The van der Waals surface area contributed by atoms with E-state index in [1.54, 1.807) is 6.07 Å². The highest BCUT2D eigenvalue weighted by Crippen LogP contribution is 2.36. The Morgan fingerprint density at radius 3 is 2.14 bits per heavy atom. The Kier molecular flexibility index (Phi) is 5.39. The molecule has 8 nitrogen and oxygen atoms in total. The van der Waals surface area contributed by atoms with Crippen LogP contribution in [-0.4, -0.2) is 22.0 Å². The second kappa shape index (κ2) is 7.91. The van der Waals surface area contributed by atoms with Gasteiger partial charge in [-0.25, -0.2) is 9.97 Å². The van der Waals surface area contributed by atoms with Crippen LogP contribution in [-0.2, 0) is 0 Å². The van der Waals surface area contributed by atoms with E-state index in [0.717, 1.165) is 22.4 Å². The molecule has 0 aliphatic heterocycles. The molecule has 0 atom stereocenters. The number of ether oxygens (including phenoxy) is 1. The van der Waals surface area contributed by atoms with Gasteiger partial charge in [-0.3, -0.25) is 10.1 Å². The molecule has 1 aromatic heterocycles. The lowest BCUT2D eigenvalue weighted by molar-refractivity contribution is -0.383. The van der Waals surface area contributed by atoms with Crippen molar-refractivity contribution in [3.05, 3.63) is 69.5 Å². The number of nitrogens with zero attached hydrogens (tertiary/aromatic N) is 3. The molecule has 1 heterocycles. The third kappa shape index (κ3) is 4.01. The fourth-order valence-electron chi connectivity index (χ4n) is 2.86. The molecule has 2 N–H and O–H groups in total. The first-order chi connectivity index (χ1) is 13.4. The molecule has 8 heteroatoms. The Labute approximate surface area is 162 Å². The van der Waals surface area contributed by atoms with Gasteiger partial charge in [0.05, 0.1) is 17.7 Å². The molecule has 0 aliphatic carbocycles. The largest absolute Gasteiger partial charge is 0.495 e. The molecule has 3 aromatic rings. The molecule has 0 bridgehead atoms. The van der Waals surface area contributed by atoms with Gasteiger partial charge in [-0.2, -0.15) is 0 Å². The van der Waals surface area contributed by atoms with Gasteiger partial charge in [0.25, 0.3) is 0 Å². The highest BCUT2D eigenvalue weighted by atomic mass is 16.6. The van der Waals surface area contributed by atoms with Gasteiger partial charge in [0.2, 0.25) is 11.6 Å². The van der Waals surface area contributed by atoms with Gasteiger partial charge in [0.1, 0.15) is 12.1 Å². The Bertz CT molecular complexity index is 1040. The van der Waals surface area contributed by atoms with Crippen LogP contribution in [0.25, 0.3) is 0 Å². The lowest BCUT2D eigenvalue weighted by atomic mass is 10.1. The minimum atomic E-state index is -0.504. The van der Waals surface area contributed by atoms with Crippen molar-refractivity contribution in [3.8, 4) is 5.75 Å². The van der Waals surface area contributed by atoms with Crippen LogP contribution < -0.4 is 15.4 Å². The third-order valence-corrected chi connectivity index (χ3v) is 4.25. The molecule has 0 aliphatic rings. The van der Waals surface area contributed by atoms with E-state index in [-0.39, 0.29) is 17.3 Å². The summed E-state index contributed by atoms with van der Waals surface area (Å²) in [7, 11) is 1.54. The lowest BCUT2D eigenvalue weighted by Gasteiger charge is -2.14. The molecule has 0 radical (unpaired) electrons. The summed E-state index contributed by atoms with van der Waals surface area (Å²) in [4.78, 5) is 19.5. The molecular formula is C20H21N5O3. The summed E-state index contributed by atoms with van der Waals surface area (Å²) in [6.07, 6.45) is 1.28. The summed E-state index contributed by atoms with van der Waals surface area (Å²) in [5.74, 6) is 0.750. The number of hydrogen-bond acceptors (Lipinski definition) is 7. The van der Waals surface area contributed by atoms with Crippen LogP contribution in [0.2, 0.25) is 0 Å². The van der Waals surface area contributed by atoms with Gasteiger partial charge in [-0.05, 0) is 50.1 Å². The first-order valence-electron chi connectivity index (χ1n) is 8.64. The molecule has 144 valence electrons. The molecule has 0 saturated carbocycles. The summed E-state index contributed by atoms with van der Waals surface area (Å²) in [5, 5.41) is 17.9. The van der Waals surface area contributed by atoms with Crippen molar-refractivity contribution in [2.45, 2.75) is 20.8 Å². The monoisotopic (exact) mass is 379 g/mol. The zero-order chi connectivity index (χ0) is 20.3. The molecule has 2 aromatic carbocycles. The van der Waals surface area contributed by atoms with Gasteiger partial charge in [0, 0.05) is 5.69 Å². The molecule has 28 heavy (non-hydrogen) atoms. The molecule has 0 unspecified atom stereocenters. The summed E-state index contributed by atoms with van der Waals surface area (Å²) >= 11 is 0. The first kappa shape index (κ1) is 19.1. The van der Waals surface area contributed by atoms with E-state index < -0.39 is 4.92 Å². The van der Waals surface area contributed by atoms with Gasteiger partial charge >= 0.3 is 5.69 Å². The van der Waals surface area contributed by atoms with Crippen LogP contribution in [0.4, 0.5) is 28.7 Å².